The molecule has 0 bridgehead atoms. The third-order valence-electron chi connectivity index (χ3n) is 2.84. The van der Waals surface area contributed by atoms with Gasteiger partial charge in [0.1, 0.15) is 5.82 Å². The Kier molecular flexibility index (Phi) is 1.92. The van der Waals surface area contributed by atoms with Crippen molar-refractivity contribution < 1.29 is 0 Å². The fraction of sp³-hybridized carbons (Fsp3) is 0.364. The standard InChI is InChI=1S/C11H13N5/c1-7-13-4-5-16(7)11-14-6-9(12)10(15-11)8-2-3-8/h4-6,8H,2-3,12H2,1H3. The first-order valence-corrected chi connectivity index (χ1v) is 5.38. The highest BCUT2D eigenvalue weighted by molar-refractivity contribution is 5.45. The topological polar surface area (TPSA) is 69.6 Å². The maximum atomic E-state index is 5.87. The van der Waals surface area contributed by atoms with Crippen molar-refractivity contribution >= 4 is 5.69 Å². The van der Waals surface area contributed by atoms with Crippen LogP contribution >= 0.6 is 0 Å². The summed E-state index contributed by atoms with van der Waals surface area (Å²) in [7, 11) is 0. The van der Waals surface area contributed by atoms with Crippen LogP contribution < -0.4 is 5.73 Å². The lowest BCUT2D eigenvalue weighted by atomic mass is 10.2. The Morgan fingerprint density at radius 2 is 2.19 bits per heavy atom. The molecule has 2 heterocycles. The van der Waals surface area contributed by atoms with Gasteiger partial charge in [0, 0.05) is 18.3 Å². The van der Waals surface area contributed by atoms with E-state index in [1.807, 2.05) is 17.7 Å². The number of nitrogens with zero attached hydrogens (tertiary/aromatic N) is 4. The van der Waals surface area contributed by atoms with Crippen LogP contribution in [0.3, 0.4) is 0 Å². The first-order chi connectivity index (χ1) is 7.75. The van der Waals surface area contributed by atoms with E-state index in [4.69, 9.17) is 5.73 Å². The lowest BCUT2D eigenvalue weighted by molar-refractivity contribution is 0.856. The molecular weight excluding hydrogens is 202 g/mol. The zero-order chi connectivity index (χ0) is 11.1. The molecule has 2 N–H and O–H groups in total. The normalized spacial score (nSPS) is 15.3. The monoisotopic (exact) mass is 215 g/mol. The molecule has 1 fully saturated rings. The van der Waals surface area contributed by atoms with Crippen molar-refractivity contribution in [3.63, 3.8) is 0 Å². The molecule has 1 saturated carbocycles. The van der Waals surface area contributed by atoms with E-state index in [-0.39, 0.29) is 0 Å². The van der Waals surface area contributed by atoms with E-state index < -0.39 is 0 Å². The van der Waals surface area contributed by atoms with Gasteiger partial charge in [-0.15, -0.1) is 0 Å². The van der Waals surface area contributed by atoms with Gasteiger partial charge >= 0.3 is 0 Å². The first-order valence-electron chi connectivity index (χ1n) is 5.38. The van der Waals surface area contributed by atoms with Crippen molar-refractivity contribution in [2.45, 2.75) is 25.7 Å². The van der Waals surface area contributed by atoms with E-state index in [1.54, 1.807) is 12.4 Å². The average Bonchev–Trinajstić information content (AvgIpc) is 3.03. The molecule has 3 rings (SSSR count). The van der Waals surface area contributed by atoms with Gasteiger partial charge in [0.25, 0.3) is 0 Å². The maximum absolute atomic E-state index is 5.87. The minimum Gasteiger partial charge on any atom is -0.396 e. The maximum Gasteiger partial charge on any atom is 0.235 e. The van der Waals surface area contributed by atoms with Crippen LogP contribution in [0.25, 0.3) is 5.95 Å². The summed E-state index contributed by atoms with van der Waals surface area (Å²) in [4.78, 5) is 12.9. The van der Waals surface area contributed by atoms with Crippen LogP contribution in [0.4, 0.5) is 5.69 Å². The highest BCUT2D eigenvalue weighted by Gasteiger charge is 2.27. The molecule has 0 aliphatic heterocycles. The summed E-state index contributed by atoms with van der Waals surface area (Å²) < 4.78 is 1.87. The van der Waals surface area contributed by atoms with E-state index in [9.17, 15) is 0 Å². The number of aromatic nitrogens is 4. The van der Waals surface area contributed by atoms with Crippen LogP contribution in [0, 0.1) is 6.92 Å². The number of hydrogen-bond acceptors (Lipinski definition) is 4. The van der Waals surface area contributed by atoms with Crippen molar-refractivity contribution in [1.29, 1.82) is 0 Å². The molecule has 0 unspecified atom stereocenters. The quantitative estimate of drug-likeness (QED) is 0.822. The van der Waals surface area contributed by atoms with Crippen LogP contribution in [0.1, 0.15) is 30.3 Å². The van der Waals surface area contributed by atoms with Crippen molar-refractivity contribution in [1.82, 2.24) is 19.5 Å². The number of nitrogen functional groups attached to an aromatic ring is 1. The van der Waals surface area contributed by atoms with E-state index in [0.29, 0.717) is 17.6 Å². The van der Waals surface area contributed by atoms with Gasteiger partial charge in [0.2, 0.25) is 5.95 Å². The number of hydrogen-bond donors (Lipinski definition) is 1. The summed E-state index contributed by atoms with van der Waals surface area (Å²) in [6.45, 7) is 1.93. The van der Waals surface area contributed by atoms with Crippen LogP contribution in [0.5, 0.6) is 0 Å². The predicted octanol–water partition coefficient (Wildman–Crippen LogP) is 1.43. The van der Waals surface area contributed by atoms with Gasteiger partial charge in [0.15, 0.2) is 0 Å². The molecule has 0 spiro atoms. The molecule has 0 atom stereocenters. The zero-order valence-electron chi connectivity index (χ0n) is 9.09. The second-order valence-electron chi connectivity index (χ2n) is 4.13. The number of aryl methyl sites for hydroxylation is 1. The summed E-state index contributed by atoms with van der Waals surface area (Å²) in [6.07, 6.45) is 7.66. The molecular formula is C11H13N5. The average molecular weight is 215 g/mol. The van der Waals surface area contributed by atoms with Crippen LogP contribution in [-0.4, -0.2) is 19.5 Å². The highest BCUT2D eigenvalue weighted by Crippen LogP contribution is 2.41. The Hall–Kier alpha value is -1.91. The lowest BCUT2D eigenvalue weighted by Crippen LogP contribution is -2.06. The molecule has 1 aliphatic carbocycles. The Morgan fingerprint density at radius 1 is 1.38 bits per heavy atom. The molecule has 2 aromatic heterocycles. The summed E-state index contributed by atoms with van der Waals surface area (Å²) in [5.74, 6) is 2.07. The van der Waals surface area contributed by atoms with Crippen molar-refractivity contribution in [3.05, 3.63) is 30.1 Å². The van der Waals surface area contributed by atoms with Crippen molar-refractivity contribution in [2.75, 3.05) is 5.73 Å². The van der Waals surface area contributed by atoms with Gasteiger partial charge in [-0.1, -0.05) is 0 Å². The lowest BCUT2D eigenvalue weighted by Gasteiger charge is -2.07. The van der Waals surface area contributed by atoms with Crippen LogP contribution in [-0.2, 0) is 0 Å². The van der Waals surface area contributed by atoms with Crippen LogP contribution in [0.15, 0.2) is 18.6 Å². The number of anilines is 1. The molecule has 0 radical (unpaired) electrons. The molecule has 2 aromatic rings. The Morgan fingerprint density at radius 3 is 2.81 bits per heavy atom. The number of nitrogens with two attached hydrogens (primary N) is 1. The van der Waals surface area contributed by atoms with E-state index in [1.165, 1.54) is 12.8 Å². The first kappa shape index (κ1) is 9.33. The van der Waals surface area contributed by atoms with Crippen molar-refractivity contribution in [3.8, 4) is 5.95 Å². The highest BCUT2D eigenvalue weighted by atomic mass is 15.2. The molecule has 0 saturated heterocycles. The van der Waals surface area contributed by atoms with Gasteiger partial charge in [-0.05, 0) is 19.8 Å². The molecule has 5 nitrogen and oxygen atoms in total. The van der Waals surface area contributed by atoms with E-state index in [2.05, 4.69) is 15.0 Å². The summed E-state index contributed by atoms with van der Waals surface area (Å²) in [5, 5.41) is 0. The fourth-order valence-corrected chi connectivity index (χ4v) is 1.78. The third kappa shape index (κ3) is 1.44. The summed E-state index contributed by atoms with van der Waals surface area (Å²) in [5.41, 5.74) is 7.55. The largest absolute Gasteiger partial charge is 0.396 e. The smallest absolute Gasteiger partial charge is 0.235 e. The van der Waals surface area contributed by atoms with Gasteiger partial charge < -0.3 is 5.73 Å². The molecule has 5 heteroatoms. The number of imidazole rings is 1. The van der Waals surface area contributed by atoms with Gasteiger partial charge in [0.05, 0.1) is 17.6 Å². The predicted molar refractivity (Wildman–Crippen MR) is 60.3 cm³/mol. The summed E-state index contributed by atoms with van der Waals surface area (Å²) in [6, 6.07) is 0. The van der Waals surface area contributed by atoms with Gasteiger partial charge in [-0.3, -0.25) is 4.57 Å². The van der Waals surface area contributed by atoms with E-state index in [0.717, 1.165) is 11.5 Å². The van der Waals surface area contributed by atoms with Gasteiger partial charge in [-0.25, -0.2) is 15.0 Å². The third-order valence-corrected chi connectivity index (χ3v) is 2.84. The molecule has 0 amide bonds. The zero-order valence-corrected chi connectivity index (χ0v) is 9.09. The summed E-state index contributed by atoms with van der Waals surface area (Å²) >= 11 is 0. The Labute approximate surface area is 93.4 Å². The second-order valence-corrected chi connectivity index (χ2v) is 4.13. The van der Waals surface area contributed by atoms with E-state index >= 15 is 0 Å². The number of rotatable bonds is 2. The van der Waals surface area contributed by atoms with Crippen molar-refractivity contribution in [2.24, 2.45) is 0 Å². The fourth-order valence-electron chi connectivity index (χ4n) is 1.78. The second kappa shape index (κ2) is 3.30. The molecule has 82 valence electrons. The molecule has 16 heavy (non-hydrogen) atoms. The van der Waals surface area contributed by atoms with Crippen LogP contribution in [0.2, 0.25) is 0 Å². The Bertz CT molecular complexity index is 527. The van der Waals surface area contributed by atoms with Gasteiger partial charge in [-0.2, -0.15) is 0 Å². The molecule has 0 aromatic carbocycles. The molecule has 1 aliphatic rings. The minimum atomic E-state index is 0.533. The Balaban J connectivity index is 2.08. The SMILES string of the molecule is Cc1nccn1-c1ncc(N)c(C2CC2)n1. The minimum absolute atomic E-state index is 0.533.